The predicted molar refractivity (Wildman–Crippen MR) is 138 cm³/mol. The molecule has 1 aromatic heterocycles. The number of anilines is 4. The van der Waals surface area contributed by atoms with Crippen LogP contribution < -0.4 is 24.2 Å². The first-order valence-electron chi connectivity index (χ1n) is 10.8. The highest BCUT2D eigenvalue weighted by Gasteiger charge is 2.25. The number of rotatable bonds is 8. The van der Waals surface area contributed by atoms with Crippen LogP contribution in [0.25, 0.3) is 0 Å². The number of carboxylic acids is 1. The van der Waals surface area contributed by atoms with Gasteiger partial charge in [0.25, 0.3) is 10.0 Å². The second-order valence-corrected chi connectivity index (χ2v) is 10.6. The van der Waals surface area contributed by atoms with Crippen molar-refractivity contribution < 1.29 is 23.1 Å². The monoisotopic (exact) mass is 517 g/mol. The second kappa shape index (κ2) is 10.0. The molecule has 0 aliphatic carbocycles. The molecule has 4 rings (SSSR count). The zero-order valence-corrected chi connectivity index (χ0v) is 21.3. The van der Waals surface area contributed by atoms with Crippen molar-refractivity contribution in [3.05, 3.63) is 53.4 Å². The highest BCUT2D eigenvalue weighted by molar-refractivity contribution is 7.92. The van der Waals surface area contributed by atoms with E-state index in [4.69, 9.17) is 9.84 Å². The molecule has 3 aromatic rings. The molecule has 0 saturated carbocycles. The normalized spacial score (nSPS) is 14.0. The lowest BCUT2D eigenvalue weighted by molar-refractivity contribution is 0.0696. The quantitative estimate of drug-likeness (QED) is 0.465. The number of benzene rings is 2. The molecule has 1 aliphatic heterocycles. The van der Waals surface area contributed by atoms with Gasteiger partial charge in [0, 0.05) is 57.0 Å². The zero-order valence-electron chi connectivity index (χ0n) is 19.6. The Balaban J connectivity index is 1.42. The molecule has 0 amide bonds. The van der Waals surface area contributed by atoms with Gasteiger partial charge in [-0.1, -0.05) is 0 Å². The third kappa shape index (κ3) is 5.43. The van der Waals surface area contributed by atoms with Crippen LogP contribution in [-0.4, -0.2) is 71.9 Å². The standard InChI is InChI=1S/C23H27N5O5S2/c1-26(2)17-5-7-18(8-6-17)27-10-12-28(13-11-27)23-24-21(15-34-23)35(31,32)25-19-9-4-16(22(29)30)14-20(19)33-3/h4-9,14-15,25H,10-13H2,1-3H3,(H,29,30). The number of aromatic nitrogens is 1. The number of ether oxygens (including phenoxy) is 1. The van der Waals surface area contributed by atoms with E-state index >= 15 is 0 Å². The number of carboxylic acid groups (broad SMARTS) is 1. The Bertz CT molecular complexity index is 1300. The number of hydrogen-bond acceptors (Lipinski definition) is 9. The average Bonchev–Trinajstić information content (AvgIpc) is 3.36. The van der Waals surface area contributed by atoms with Crippen LogP contribution >= 0.6 is 11.3 Å². The molecule has 0 radical (unpaired) electrons. The van der Waals surface area contributed by atoms with Gasteiger partial charge in [-0.25, -0.2) is 9.78 Å². The first kappa shape index (κ1) is 24.6. The highest BCUT2D eigenvalue weighted by atomic mass is 32.2. The molecule has 2 heterocycles. The summed E-state index contributed by atoms with van der Waals surface area (Å²) >= 11 is 1.27. The highest BCUT2D eigenvalue weighted by Crippen LogP contribution is 2.30. The van der Waals surface area contributed by atoms with Gasteiger partial charge in [0.2, 0.25) is 0 Å². The Hall–Kier alpha value is -3.51. The summed E-state index contributed by atoms with van der Waals surface area (Å²) in [4.78, 5) is 22.0. The van der Waals surface area contributed by atoms with Gasteiger partial charge in [-0.2, -0.15) is 8.42 Å². The second-order valence-electron chi connectivity index (χ2n) is 8.18. The lowest BCUT2D eigenvalue weighted by Gasteiger charge is -2.36. The van der Waals surface area contributed by atoms with Crippen molar-refractivity contribution in [2.75, 3.05) is 66.8 Å². The molecule has 1 saturated heterocycles. The Morgan fingerprint density at radius 2 is 1.74 bits per heavy atom. The number of nitrogens with one attached hydrogen (secondary N) is 1. The zero-order chi connectivity index (χ0) is 25.2. The third-order valence-electron chi connectivity index (χ3n) is 5.72. The van der Waals surface area contributed by atoms with E-state index in [2.05, 4.69) is 48.7 Å². The van der Waals surface area contributed by atoms with Gasteiger partial charge in [-0.15, -0.1) is 11.3 Å². The van der Waals surface area contributed by atoms with Crippen LogP contribution in [0.4, 0.5) is 22.2 Å². The van der Waals surface area contributed by atoms with Crippen molar-refractivity contribution in [1.29, 1.82) is 0 Å². The number of piperazine rings is 1. The first-order valence-corrected chi connectivity index (χ1v) is 13.2. The number of aromatic carboxylic acids is 1. The van der Waals surface area contributed by atoms with Gasteiger partial charge >= 0.3 is 5.97 Å². The predicted octanol–water partition coefficient (Wildman–Crippen LogP) is 3.04. The average molecular weight is 518 g/mol. The molecule has 12 heteroatoms. The van der Waals surface area contributed by atoms with E-state index in [-0.39, 0.29) is 22.0 Å². The minimum absolute atomic E-state index is 0.00599. The number of nitrogens with zero attached hydrogens (tertiary/aromatic N) is 4. The summed E-state index contributed by atoms with van der Waals surface area (Å²) in [6.45, 7) is 3.05. The fourth-order valence-electron chi connectivity index (χ4n) is 3.74. The Labute approximate surface area is 208 Å². The molecule has 2 aromatic carbocycles. The first-order chi connectivity index (χ1) is 16.7. The summed E-state index contributed by atoms with van der Waals surface area (Å²) in [5.41, 5.74) is 2.44. The third-order valence-corrected chi connectivity index (χ3v) is 8.02. The minimum Gasteiger partial charge on any atom is -0.495 e. The Morgan fingerprint density at radius 1 is 1.09 bits per heavy atom. The molecule has 0 bridgehead atoms. The van der Waals surface area contributed by atoms with Crippen molar-refractivity contribution in [2.24, 2.45) is 0 Å². The van der Waals surface area contributed by atoms with Gasteiger partial charge in [-0.3, -0.25) is 4.72 Å². The van der Waals surface area contributed by atoms with Crippen LogP contribution in [0.2, 0.25) is 0 Å². The van der Waals surface area contributed by atoms with Gasteiger partial charge in [0.05, 0.1) is 18.4 Å². The number of methoxy groups -OCH3 is 1. The largest absolute Gasteiger partial charge is 0.495 e. The minimum atomic E-state index is -3.98. The van der Waals surface area contributed by atoms with Crippen molar-refractivity contribution in [2.45, 2.75) is 5.03 Å². The summed E-state index contributed by atoms with van der Waals surface area (Å²) in [5, 5.41) is 11.2. The maximum absolute atomic E-state index is 12.9. The molecule has 1 fully saturated rings. The van der Waals surface area contributed by atoms with Crippen molar-refractivity contribution in [3.63, 3.8) is 0 Å². The van der Waals surface area contributed by atoms with E-state index in [1.54, 1.807) is 0 Å². The molecule has 0 atom stereocenters. The fraction of sp³-hybridized carbons (Fsp3) is 0.304. The van der Waals surface area contributed by atoms with Crippen LogP contribution in [0.3, 0.4) is 0 Å². The molecular weight excluding hydrogens is 490 g/mol. The lowest BCUT2D eigenvalue weighted by Crippen LogP contribution is -2.46. The van der Waals surface area contributed by atoms with Crippen LogP contribution in [0.15, 0.2) is 52.9 Å². The van der Waals surface area contributed by atoms with E-state index in [0.29, 0.717) is 5.13 Å². The summed E-state index contributed by atoms with van der Waals surface area (Å²) in [6.07, 6.45) is 0. The van der Waals surface area contributed by atoms with E-state index in [0.717, 1.165) is 37.6 Å². The van der Waals surface area contributed by atoms with Gasteiger partial charge in [-0.05, 0) is 42.5 Å². The lowest BCUT2D eigenvalue weighted by atomic mass is 10.2. The number of sulfonamides is 1. The van der Waals surface area contributed by atoms with Crippen LogP contribution in [0.1, 0.15) is 10.4 Å². The number of thiazole rings is 1. The van der Waals surface area contributed by atoms with E-state index in [9.17, 15) is 13.2 Å². The molecule has 1 aliphatic rings. The summed E-state index contributed by atoms with van der Waals surface area (Å²) in [5.74, 6) is -1.02. The maximum Gasteiger partial charge on any atom is 0.335 e. The van der Waals surface area contributed by atoms with Crippen LogP contribution in [0, 0.1) is 0 Å². The van der Waals surface area contributed by atoms with Crippen LogP contribution in [-0.2, 0) is 10.0 Å². The summed E-state index contributed by atoms with van der Waals surface area (Å²) in [7, 11) is 1.38. The molecular formula is C23H27N5O5S2. The maximum atomic E-state index is 12.9. The van der Waals surface area contributed by atoms with Gasteiger partial charge in [0.1, 0.15) is 5.75 Å². The van der Waals surface area contributed by atoms with Gasteiger partial charge < -0.3 is 24.5 Å². The fourth-order valence-corrected chi connectivity index (χ4v) is 5.96. The molecule has 35 heavy (non-hydrogen) atoms. The Morgan fingerprint density at radius 3 is 2.34 bits per heavy atom. The van der Waals surface area contributed by atoms with E-state index in [1.165, 1.54) is 42.0 Å². The smallest absolute Gasteiger partial charge is 0.335 e. The molecule has 0 spiro atoms. The summed E-state index contributed by atoms with van der Waals surface area (Å²) in [6, 6.07) is 12.3. The topological polar surface area (TPSA) is 115 Å². The SMILES string of the molecule is COc1cc(C(=O)O)ccc1NS(=O)(=O)c1csc(N2CCN(c3ccc(N(C)C)cc3)CC2)n1. The van der Waals surface area contributed by atoms with Gasteiger partial charge in [0.15, 0.2) is 10.2 Å². The van der Waals surface area contributed by atoms with Crippen molar-refractivity contribution in [1.82, 2.24) is 4.98 Å². The molecule has 2 N–H and O–H groups in total. The van der Waals surface area contributed by atoms with Crippen molar-refractivity contribution >= 4 is 49.5 Å². The molecule has 10 nitrogen and oxygen atoms in total. The summed E-state index contributed by atoms with van der Waals surface area (Å²) < 4.78 is 33.5. The number of hydrogen-bond donors (Lipinski definition) is 2. The Kier molecular flexibility index (Phi) is 7.03. The number of carbonyl (C=O) groups is 1. The van der Waals surface area contributed by atoms with Crippen LogP contribution in [0.5, 0.6) is 5.75 Å². The van der Waals surface area contributed by atoms with E-state index in [1.807, 2.05) is 14.1 Å². The van der Waals surface area contributed by atoms with E-state index < -0.39 is 16.0 Å². The molecule has 0 unspecified atom stereocenters. The van der Waals surface area contributed by atoms with Crippen molar-refractivity contribution in [3.8, 4) is 5.75 Å². The molecule has 186 valence electrons.